The number of nitrogens with one attached hydrogen (secondary N) is 2. The molecule has 0 radical (unpaired) electrons. The molecular formula is C11H15N3. The van der Waals surface area contributed by atoms with E-state index in [2.05, 4.69) is 11.9 Å². The van der Waals surface area contributed by atoms with Gasteiger partial charge in [0, 0.05) is 17.8 Å². The summed E-state index contributed by atoms with van der Waals surface area (Å²) in [6.45, 7) is 6.38. The van der Waals surface area contributed by atoms with Crippen molar-refractivity contribution in [2.24, 2.45) is 5.73 Å². The Bertz CT molecular complexity index is 355. The molecule has 0 spiro atoms. The van der Waals surface area contributed by atoms with Gasteiger partial charge in [0.1, 0.15) is 5.84 Å². The molecule has 1 aromatic carbocycles. The summed E-state index contributed by atoms with van der Waals surface area (Å²) in [7, 11) is 0. The second-order valence-electron chi connectivity index (χ2n) is 3.25. The molecule has 0 heterocycles. The molecule has 0 aliphatic carbocycles. The van der Waals surface area contributed by atoms with Crippen molar-refractivity contribution in [2.45, 2.75) is 13.5 Å². The molecule has 74 valence electrons. The molecule has 3 nitrogen and oxygen atoms in total. The minimum absolute atomic E-state index is 0.0992. The summed E-state index contributed by atoms with van der Waals surface area (Å²) >= 11 is 0. The number of rotatable bonds is 4. The van der Waals surface area contributed by atoms with Crippen LogP contribution in [0, 0.1) is 5.41 Å². The maximum absolute atomic E-state index is 7.29. The van der Waals surface area contributed by atoms with Crippen molar-refractivity contribution >= 4 is 5.84 Å². The Kier molecular flexibility index (Phi) is 3.29. The number of nitrogen functional groups attached to an aromatic ring is 1. The first-order valence-corrected chi connectivity index (χ1v) is 4.42. The fraction of sp³-hybridized carbons (Fsp3) is 0.182. The van der Waals surface area contributed by atoms with Crippen LogP contribution < -0.4 is 11.1 Å². The zero-order chi connectivity index (χ0) is 10.6. The molecule has 4 N–H and O–H groups in total. The third-order valence-corrected chi connectivity index (χ3v) is 1.83. The summed E-state index contributed by atoms with van der Waals surface area (Å²) in [6.07, 6.45) is 0. The van der Waals surface area contributed by atoms with Crippen molar-refractivity contribution in [3.63, 3.8) is 0 Å². The average molecular weight is 189 g/mol. The lowest BCUT2D eigenvalue weighted by Crippen LogP contribution is -2.13. The third-order valence-electron chi connectivity index (χ3n) is 1.83. The Labute approximate surface area is 84.1 Å². The largest absolute Gasteiger partial charge is 0.385 e. The van der Waals surface area contributed by atoms with Crippen LogP contribution in [0.1, 0.15) is 18.1 Å². The molecule has 0 bridgehead atoms. The van der Waals surface area contributed by atoms with Gasteiger partial charge in [-0.25, -0.2) is 0 Å². The average Bonchev–Trinajstić information content (AvgIpc) is 2.15. The molecule has 0 amide bonds. The van der Waals surface area contributed by atoms with Crippen molar-refractivity contribution in [3.05, 3.63) is 47.7 Å². The Balaban J connectivity index is 2.73. The van der Waals surface area contributed by atoms with Gasteiger partial charge in [0.2, 0.25) is 0 Å². The Morgan fingerprint density at radius 2 is 2.29 bits per heavy atom. The zero-order valence-electron chi connectivity index (χ0n) is 8.30. The molecule has 0 aromatic heterocycles. The molecule has 0 saturated heterocycles. The maximum atomic E-state index is 7.29. The van der Waals surface area contributed by atoms with Crippen LogP contribution in [0.2, 0.25) is 0 Å². The van der Waals surface area contributed by atoms with Crippen LogP contribution in [-0.2, 0) is 6.54 Å². The Morgan fingerprint density at radius 3 is 2.86 bits per heavy atom. The first-order chi connectivity index (χ1) is 6.59. The Hall–Kier alpha value is -1.77. The van der Waals surface area contributed by atoms with E-state index in [4.69, 9.17) is 11.1 Å². The SMILES string of the molecule is C=C(C)NCc1cccc(C(=N)N)c1. The summed E-state index contributed by atoms with van der Waals surface area (Å²) in [6, 6.07) is 7.61. The van der Waals surface area contributed by atoms with Gasteiger partial charge >= 0.3 is 0 Å². The minimum atomic E-state index is 0.0992. The number of hydrogen-bond donors (Lipinski definition) is 3. The van der Waals surface area contributed by atoms with Gasteiger partial charge in [-0.1, -0.05) is 24.8 Å². The van der Waals surface area contributed by atoms with Gasteiger partial charge in [-0.05, 0) is 18.6 Å². The molecular weight excluding hydrogens is 174 g/mol. The molecule has 0 aliphatic rings. The van der Waals surface area contributed by atoms with Crippen molar-refractivity contribution in [1.29, 1.82) is 5.41 Å². The van der Waals surface area contributed by atoms with Crippen LogP contribution in [0.5, 0.6) is 0 Å². The van der Waals surface area contributed by atoms with Gasteiger partial charge in [-0.2, -0.15) is 0 Å². The number of allylic oxidation sites excluding steroid dienone is 1. The van der Waals surface area contributed by atoms with Crippen LogP contribution in [0.3, 0.4) is 0 Å². The highest BCUT2D eigenvalue weighted by Crippen LogP contribution is 2.04. The van der Waals surface area contributed by atoms with Gasteiger partial charge in [0.15, 0.2) is 0 Å². The summed E-state index contributed by atoms with van der Waals surface area (Å²) in [5.41, 5.74) is 8.17. The van der Waals surface area contributed by atoms with E-state index in [0.29, 0.717) is 0 Å². The van der Waals surface area contributed by atoms with Crippen molar-refractivity contribution in [2.75, 3.05) is 0 Å². The smallest absolute Gasteiger partial charge is 0.122 e. The number of amidine groups is 1. The maximum Gasteiger partial charge on any atom is 0.122 e. The second kappa shape index (κ2) is 4.46. The van der Waals surface area contributed by atoms with Gasteiger partial charge in [0.25, 0.3) is 0 Å². The van der Waals surface area contributed by atoms with Gasteiger partial charge in [0.05, 0.1) is 0 Å². The minimum Gasteiger partial charge on any atom is -0.385 e. The van der Waals surface area contributed by atoms with Crippen molar-refractivity contribution in [1.82, 2.24) is 5.32 Å². The highest BCUT2D eigenvalue weighted by atomic mass is 14.9. The molecule has 0 atom stereocenters. The first-order valence-electron chi connectivity index (χ1n) is 4.42. The number of nitrogens with two attached hydrogens (primary N) is 1. The van der Waals surface area contributed by atoms with E-state index in [1.807, 2.05) is 31.2 Å². The van der Waals surface area contributed by atoms with Crippen molar-refractivity contribution in [3.8, 4) is 0 Å². The Morgan fingerprint density at radius 1 is 1.57 bits per heavy atom. The molecule has 0 fully saturated rings. The van der Waals surface area contributed by atoms with E-state index < -0.39 is 0 Å². The lowest BCUT2D eigenvalue weighted by atomic mass is 10.1. The van der Waals surface area contributed by atoms with Crippen LogP contribution in [0.15, 0.2) is 36.5 Å². The van der Waals surface area contributed by atoms with Crippen molar-refractivity contribution < 1.29 is 0 Å². The fourth-order valence-electron chi connectivity index (χ4n) is 1.10. The summed E-state index contributed by atoms with van der Waals surface area (Å²) < 4.78 is 0. The lowest BCUT2D eigenvalue weighted by molar-refractivity contribution is 0.815. The third kappa shape index (κ3) is 2.94. The predicted molar refractivity (Wildman–Crippen MR) is 59.1 cm³/mol. The summed E-state index contributed by atoms with van der Waals surface area (Å²) in [5.74, 6) is 0.0992. The van der Waals surface area contributed by atoms with E-state index >= 15 is 0 Å². The van der Waals surface area contributed by atoms with Crippen LogP contribution in [0.25, 0.3) is 0 Å². The monoisotopic (exact) mass is 189 g/mol. The standard InChI is InChI=1S/C11H15N3/c1-8(2)14-7-9-4-3-5-10(6-9)11(12)13/h3-6,14H,1,7H2,2H3,(H3,12,13). The summed E-state index contributed by atoms with van der Waals surface area (Å²) in [4.78, 5) is 0. The molecule has 0 unspecified atom stereocenters. The molecule has 1 aromatic rings. The van der Waals surface area contributed by atoms with Crippen LogP contribution in [-0.4, -0.2) is 5.84 Å². The lowest BCUT2D eigenvalue weighted by Gasteiger charge is -2.06. The highest BCUT2D eigenvalue weighted by Gasteiger charge is 1.97. The number of hydrogen-bond acceptors (Lipinski definition) is 2. The van der Waals surface area contributed by atoms with Crippen LogP contribution in [0.4, 0.5) is 0 Å². The van der Waals surface area contributed by atoms with Gasteiger partial charge in [-0.3, -0.25) is 5.41 Å². The number of benzene rings is 1. The van der Waals surface area contributed by atoms with Gasteiger partial charge < -0.3 is 11.1 Å². The molecule has 0 aliphatic heterocycles. The fourth-order valence-corrected chi connectivity index (χ4v) is 1.10. The predicted octanol–water partition coefficient (Wildman–Crippen LogP) is 1.59. The summed E-state index contributed by atoms with van der Waals surface area (Å²) in [5, 5.41) is 10.4. The van der Waals surface area contributed by atoms with E-state index in [1.54, 1.807) is 0 Å². The quantitative estimate of drug-likeness (QED) is 0.497. The molecule has 1 rings (SSSR count). The van der Waals surface area contributed by atoms with E-state index in [0.717, 1.165) is 23.4 Å². The second-order valence-corrected chi connectivity index (χ2v) is 3.25. The zero-order valence-corrected chi connectivity index (χ0v) is 8.30. The van der Waals surface area contributed by atoms with Gasteiger partial charge in [-0.15, -0.1) is 0 Å². The van der Waals surface area contributed by atoms with E-state index in [1.165, 1.54) is 0 Å². The topological polar surface area (TPSA) is 61.9 Å². The van der Waals surface area contributed by atoms with E-state index in [9.17, 15) is 0 Å². The van der Waals surface area contributed by atoms with E-state index in [-0.39, 0.29) is 5.84 Å². The van der Waals surface area contributed by atoms with Crippen LogP contribution >= 0.6 is 0 Å². The molecule has 3 heteroatoms. The molecule has 14 heavy (non-hydrogen) atoms. The normalized spacial score (nSPS) is 9.50. The highest BCUT2D eigenvalue weighted by molar-refractivity contribution is 5.95. The first kappa shape index (κ1) is 10.3. The molecule has 0 saturated carbocycles.